The molecule has 2 rings (SSSR count). The van der Waals surface area contributed by atoms with Crippen molar-refractivity contribution in [2.45, 2.75) is 19.5 Å². The van der Waals surface area contributed by atoms with Crippen LogP contribution in [0.4, 0.5) is 0 Å². The zero-order valence-electron chi connectivity index (χ0n) is 10.8. The van der Waals surface area contributed by atoms with Gasteiger partial charge in [-0.15, -0.1) is 0 Å². The molecule has 3 N–H and O–H groups in total. The zero-order valence-corrected chi connectivity index (χ0v) is 10.8. The molecule has 0 saturated heterocycles. The molecule has 2 aromatic rings. The van der Waals surface area contributed by atoms with Crippen molar-refractivity contribution in [3.8, 4) is 5.75 Å². The normalized spacial score (nSPS) is 10.6. The topological polar surface area (TPSA) is 52.5 Å². The highest BCUT2D eigenvalue weighted by Crippen LogP contribution is 2.15. The highest BCUT2D eigenvalue weighted by Gasteiger charge is 2.00. The van der Waals surface area contributed by atoms with Gasteiger partial charge in [0.05, 0.1) is 0 Å². The zero-order chi connectivity index (χ0) is 13.5. The average molecular weight is 257 g/mol. The Labute approximate surface area is 113 Å². The molecule has 0 aliphatic carbocycles. The summed E-state index contributed by atoms with van der Waals surface area (Å²) in [5.41, 5.74) is 3.22. The molecule has 100 valence electrons. The van der Waals surface area contributed by atoms with Crippen molar-refractivity contribution >= 4 is 0 Å². The predicted molar refractivity (Wildman–Crippen MR) is 75.9 cm³/mol. The Morgan fingerprint density at radius 3 is 2.47 bits per heavy atom. The van der Waals surface area contributed by atoms with Gasteiger partial charge in [0.1, 0.15) is 5.75 Å². The van der Waals surface area contributed by atoms with Crippen molar-refractivity contribution in [3.05, 3.63) is 65.2 Å². The summed E-state index contributed by atoms with van der Waals surface area (Å²) in [6.45, 7) is 1.55. The highest BCUT2D eigenvalue weighted by atomic mass is 16.3. The third kappa shape index (κ3) is 4.09. The lowest BCUT2D eigenvalue weighted by atomic mass is 10.1. The van der Waals surface area contributed by atoms with E-state index >= 15 is 0 Å². The van der Waals surface area contributed by atoms with Gasteiger partial charge in [-0.2, -0.15) is 0 Å². The number of aliphatic hydroxyl groups is 1. The third-order valence-electron chi connectivity index (χ3n) is 3.03. The van der Waals surface area contributed by atoms with Crippen molar-refractivity contribution in [2.24, 2.45) is 0 Å². The summed E-state index contributed by atoms with van der Waals surface area (Å²) in [7, 11) is 0. The Morgan fingerprint density at radius 2 is 1.68 bits per heavy atom. The number of nitrogens with one attached hydrogen (secondary N) is 1. The van der Waals surface area contributed by atoms with Crippen LogP contribution in [-0.4, -0.2) is 16.8 Å². The van der Waals surface area contributed by atoms with Crippen LogP contribution in [0.15, 0.2) is 48.5 Å². The van der Waals surface area contributed by atoms with Crippen molar-refractivity contribution in [1.29, 1.82) is 0 Å². The minimum atomic E-state index is 0.175. The first kappa shape index (κ1) is 13.6. The van der Waals surface area contributed by atoms with E-state index in [1.807, 2.05) is 30.3 Å². The van der Waals surface area contributed by atoms with Crippen molar-refractivity contribution in [3.63, 3.8) is 0 Å². The summed E-state index contributed by atoms with van der Waals surface area (Å²) < 4.78 is 0. The molecule has 3 heteroatoms. The lowest BCUT2D eigenvalue weighted by Crippen LogP contribution is -2.12. The van der Waals surface area contributed by atoms with E-state index in [0.29, 0.717) is 18.7 Å². The first-order valence-electron chi connectivity index (χ1n) is 6.46. The predicted octanol–water partition coefficient (Wildman–Crippen LogP) is 2.22. The van der Waals surface area contributed by atoms with E-state index in [1.54, 1.807) is 6.07 Å². The molecule has 19 heavy (non-hydrogen) atoms. The molecule has 0 bridgehead atoms. The first-order valence-corrected chi connectivity index (χ1v) is 6.46. The number of phenols is 1. The van der Waals surface area contributed by atoms with Crippen molar-refractivity contribution < 1.29 is 10.2 Å². The number of hydrogen-bond acceptors (Lipinski definition) is 3. The van der Waals surface area contributed by atoms with Crippen LogP contribution in [0.2, 0.25) is 0 Å². The number of aromatic hydroxyl groups is 1. The van der Waals surface area contributed by atoms with Crippen LogP contribution in [0.5, 0.6) is 5.75 Å². The van der Waals surface area contributed by atoms with E-state index in [0.717, 1.165) is 17.7 Å². The summed E-state index contributed by atoms with van der Waals surface area (Å²) in [6.07, 6.45) is 0.688. The Bertz CT molecular complexity index is 526. The van der Waals surface area contributed by atoms with Crippen LogP contribution in [-0.2, 0) is 19.5 Å². The van der Waals surface area contributed by atoms with E-state index in [9.17, 15) is 5.11 Å². The fourth-order valence-corrected chi connectivity index (χ4v) is 2.03. The minimum Gasteiger partial charge on any atom is -0.508 e. The monoisotopic (exact) mass is 257 g/mol. The van der Waals surface area contributed by atoms with Gasteiger partial charge in [0.25, 0.3) is 0 Å². The number of aliphatic hydroxyl groups excluding tert-OH is 1. The van der Waals surface area contributed by atoms with Gasteiger partial charge in [-0.1, -0.05) is 42.5 Å². The van der Waals surface area contributed by atoms with Crippen LogP contribution in [0.1, 0.15) is 16.7 Å². The van der Waals surface area contributed by atoms with Gasteiger partial charge in [-0.25, -0.2) is 0 Å². The first-order chi connectivity index (χ1) is 9.29. The largest absolute Gasteiger partial charge is 0.508 e. The minimum absolute atomic E-state index is 0.175. The Kier molecular flexibility index (Phi) is 4.95. The number of hydrogen-bond donors (Lipinski definition) is 3. The Morgan fingerprint density at radius 1 is 0.895 bits per heavy atom. The maximum absolute atomic E-state index is 9.65. The fraction of sp³-hybridized carbons (Fsp3) is 0.250. The second-order valence-corrected chi connectivity index (χ2v) is 4.53. The lowest BCUT2D eigenvalue weighted by Gasteiger charge is -2.08. The molecule has 0 heterocycles. The maximum Gasteiger partial charge on any atom is 0.120 e. The second-order valence-electron chi connectivity index (χ2n) is 4.53. The second kappa shape index (κ2) is 6.92. The molecule has 2 aromatic carbocycles. The molecule has 0 saturated carbocycles. The molecule has 0 spiro atoms. The number of benzene rings is 2. The van der Waals surface area contributed by atoms with Gasteiger partial charge in [0.2, 0.25) is 0 Å². The maximum atomic E-state index is 9.65. The van der Waals surface area contributed by atoms with E-state index < -0.39 is 0 Å². The smallest absolute Gasteiger partial charge is 0.120 e. The molecule has 3 nitrogen and oxygen atoms in total. The number of para-hydroxylation sites is 1. The molecule has 0 radical (unpaired) electrons. The molecule has 0 fully saturated rings. The Hall–Kier alpha value is -1.84. The molecule has 0 aromatic heterocycles. The molecule has 0 amide bonds. The van der Waals surface area contributed by atoms with Crippen LogP contribution in [0.3, 0.4) is 0 Å². The lowest BCUT2D eigenvalue weighted by molar-refractivity contribution is 0.299. The summed E-state index contributed by atoms with van der Waals surface area (Å²) in [5, 5.41) is 21.9. The fourth-order valence-electron chi connectivity index (χ4n) is 2.03. The summed E-state index contributed by atoms with van der Waals surface area (Å²) >= 11 is 0. The van der Waals surface area contributed by atoms with Crippen LogP contribution in [0.25, 0.3) is 0 Å². The molecule has 0 aliphatic heterocycles. The van der Waals surface area contributed by atoms with E-state index in [4.69, 9.17) is 5.11 Å². The van der Waals surface area contributed by atoms with Crippen LogP contribution < -0.4 is 5.32 Å². The summed E-state index contributed by atoms with van der Waals surface area (Å²) in [6, 6.07) is 15.5. The standard InChI is InChI=1S/C16H19NO2/c18-9-8-13-4-3-5-14(10-13)11-17-12-15-6-1-2-7-16(15)19/h1-7,10,17-19H,8-9,11-12H2. The highest BCUT2D eigenvalue weighted by molar-refractivity contribution is 5.31. The Balaban J connectivity index is 1.89. The quantitative estimate of drug-likeness (QED) is 0.743. The van der Waals surface area contributed by atoms with Crippen LogP contribution in [0, 0.1) is 0 Å². The average Bonchev–Trinajstić information content (AvgIpc) is 2.42. The molecule has 0 aliphatic rings. The summed E-state index contributed by atoms with van der Waals surface area (Å²) in [4.78, 5) is 0. The van der Waals surface area contributed by atoms with Gasteiger partial charge < -0.3 is 15.5 Å². The van der Waals surface area contributed by atoms with E-state index in [-0.39, 0.29) is 6.61 Å². The van der Waals surface area contributed by atoms with Gasteiger partial charge in [-0.05, 0) is 23.6 Å². The number of phenolic OH excluding ortho intramolecular Hbond substituents is 1. The van der Waals surface area contributed by atoms with E-state index in [1.165, 1.54) is 5.56 Å². The van der Waals surface area contributed by atoms with Gasteiger partial charge >= 0.3 is 0 Å². The van der Waals surface area contributed by atoms with E-state index in [2.05, 4.69) is 17.4 Å². The molecule has 0 atom stereocenters. The van der Waals surface area contributed by atoms with Crippen molar-refractivity contribution in [1.82, 2.24) is 5.32 Å². The molecular formula is C16H19NO2. The van der Waals surface area contributed by atoms with Gasteiger partial charge in [0, 0.05) is 25.3 Å². The SMILES string of the molecule is OCCc1cccc(CNCc2ccccc2O)c1. The van der Waals surface area contributed by atoms with Crippen molar-refractivity contribution in [2.75, 3.05) is 6.61 Å². The summed E-state index contributed by atoms with van der Waals surface area (Å²) in [5.74, 6) is 0.323. The number of rotatable bonds is 6. The van der Waals surface area contributed by atoms with Crippen LogP contribution >= 0.6 is 0 Å². The van der Waals surface area contributed by atoms with Gasteiger partial charge in [-0.3, -0.25) is 0 Å². The molecule has 0 unspecified atom stereocenters. The van der Waals surface area contributed by atoms with Gasteiger partial charge in [0.15, 0.2) is 0 Å². The molecular weight excluding hydrogens is 238 g/mol. The third-order valence-corrected chi connectivity index (χ3v) is 3.03.